The average Bonchev–Trinajstić information content (AvgIpc) is 2.81. The third-order valence-corrected chi connectivity index (χ3v) is 4.55. The lowest BCUT2D eigenvalue weighted by molar-refractivity contribution is -0.389. The predicted octanol–water partition coefficient (Wildman–Crippen LogP) is 2.17. The van der Waals surface area contributed by atoms with Crippen LogP contribution in [0.3, 0.4) is 0 Å². The number of H-pyrrole nitrogens is 1. The predicted molar refractivity (Wildman–Crippen MR) is 69.8 cm³/mol. The van der Waals surface area contributed by atoms with E-state index in [-0.39, 0.29) is 17.4 Å². The van der Waals surface area contributed by atoms with E-state index in [4.69, 9.17) is 0 Å². The summed E-state index contributed by atoms with van der Waals surface area (Å²) in [4.78, 5) is 26.9. The lowest BCUT2D eigenvalue weighted by atomic mass is 10.00. The van der Waals surface area contributed by atoms with E-state index in [0.29, 0.717) is 23.8 Å². The molecule has 6 nitrogen and oxygen atoms in total. The van der Waals surface area contributed by atoms with Gasteiger partial charge >= 0.3 is 5.82 Å². The maximum Gasteiger partial charge on any atom is 0.321 e. The van der Waals surface area contributed by atoms with Gasteiger partial charge in [-0.05, 0) is 23.3 Å². The largest absolute Gasteiger partial charge is 0.358 e. The first-order valence-corrected chi connectivity index (χ1v) is 6.67. The molecule has 2 atom stereocenters. The fraction of sp³-hybridized carbons (Fsp3) is 0.545. The molecule has 2 rings (SSSR count). The fourth-order valence-corrected chi connectivity index (χ4v) is 2.46. The molecule has 0 spiro atoms. The van der Waals surface area contributed by atoms with Gasteiger partial charge in [0.15, 0.2) is 5.69 Å². The smallest absolute Gasteiger partial charge is 0.321 e. The van der Waals surface area contributed by atoms with Crippen LogP contribution < -0.4 is 0 Å². The normalized spacial score (nSPS) is 24.0. The molecule has 1 aromatic rings. The number of hydrogen-bond donors (Lipinski definition) is 1. The van der Waals surface area contributed by atoms with Crippen molar-refractivity contribution in [2.75, 3.05) is 13.1 Å². The Balaban J connectivity index is 2.09. The van der Waals surface area contributed by atoms with Gasteiger partial charge in [-0.2, -0.15) is 0 Å². The van der Waals surface area contributed by atoms with Crippen molar-refractivity contribution in [1.29, 1.82) is 0 Å². The summed E-state index contributed by atoms with van der Waals surface area (Å²) in [7, 11) is 0. The fourth-order valence-electron chi connectivity index (χ4n) is 2.09. The van der Waals surface area contributed by atoms with E-state index in [1.165, 1.54) is 12.1 Å². The first-order chi connectivity index (χ1) is 8.49. The number of amides is 1. The number of rotatable bonds is 2. The Bertz CT molecular complexity index is 474. The Morgan fingerprint density at radius 3 is 2.89 bits per heavy atom. The van der Waals surface area contributed by atoms with Gasteiger partial charge in [0.2, 0.25) is 0 Å². The van der Waals surface area contributed by atoms with E-state index in [9.17, 15) is 14.9 Å². The lowest BCUT2D eigenvalue weighted by Gasteiger charge is -2.33. The second kappa shape index (κ2) is 5.09. The maximum absolute atomic E-state index is 12.1. The van der Waals surface area contributed by atoms with E-state index in [1.54, 1.807) is 4.90 Å². The highest BCUT2D eigenvalue weighted by Crippen LogP contribution is 2.24. The molecule has 1 fully saturated rings. The number of piperidine rings is 1. The molecule has 98 valence electrons. The first-order valence-electron chi connectivity index (χ1n) is 5.76. The number of aromatic nitrogens is 1. The number of alkyl halides is 1. The molecule has 7 heteroatoms. The van der Waals surface area contributed by atoms with Crippen molar-refractivity contribution in [3.05, 3.63) is 27.9 Å². The molecule has 1 saturated heterocycles. The summed E-state index contributed by atoms with van der Waals surface area (Å²) in [5.41, 5.74) is 0.280. The van der Waals surface area contributed by atoms with Gasteiger partial charge in [0.25, 0.3) is 5.91 Å². The zero-order chi connectivity index (χ0) is 13.3. The quantitative estimate of drug-likeness (QED) is 0.516. The van der Waals surface area contributed by atoms with Gasteiger partial charge < -0.3 is 15.0 Å². The van der Waals surface area contributed by atoms with Crippen molar-refractivity contribution < 1.29 is 9.72 Å². The highest BCUT2D eigenvalue weighted by Gasteiger charge is 2.29. The molecule has 0 aliphatic carbocycles. The van der Waals surface area contributed by atoms with Gasteiger partial charge in [0.05, 0.1) is 0 Å². The standard InChI is InChI=1S/C11H14BrN3O3/c1-7-6-14(5-4-8(7)12)11(16)9-2-3-10(13-9)15(17)18/h2-3,7-8,13H,4-6H2,1H3. The summed E-state index contributed by atoms with van der Waals surface area (Å²) in [6.07, 6.45) is 0.899. The molecule has 18 heavy (non-hydrogen) atoms. The molecule has 1 aromatic heterocycles. The molecule has 1 aliphatic heterocycles. The highest BCUT2D eigenvalue weighted by atomic mass is 79.9. The minimum absolute atomic E-state index is 0.151. The molecule has 0 saturated carbocycles. The monoisotopic (exact) mass is 315 g/mol. The summed E-state index contributed by atoms with van der Waals surface area (Å²) in [5, 5.41) is 10.6. The molecule has 0 radical (unpaired) electrons. The van der Waals surface area contributed by atoms with E-state index in [2.05, 4.69) is 27.8 Å². The SMILES string of the molecule is CC1CN(C(=O)c2ccc([N+](=O)[O-])[nH]2)CCC1Br. The Hall–Kier alpha value is -1.37. The van der Waals surface area contributed by atoms with Gasteiger partial charge in [0, 0.05) is 24.0 Å². The van der Waals surface area contributed by atoms with Crippen LogP contribution in [0.2, 0.25) is 0 Å². The number of aromatic amines is 1. The summed E-state index contributed by atoms with van der Waals surface area (Å²) in [5.74, 6) is 0.0591. The molecule has 2 heterocycles. The van der Waals surface area contributed by atoms with Crippen LogP contribution in [0.1, 0.15) is 23.8 Å². The third-order valence-electron chi connectivity index (χ3n) is 3.19. The van der Waals surface area contributed by atoms with E-state index < -0.39 is 4.92 Å². The van der Waals surface area contributed by atoms with Crippen molar-refractivity contribution >= 4 is 27.7 Å². The molecule has 0 bridgehead atoms. The summed E-state index contributed by atoms with van der Waals surface area (Å²) in [6, 6.07) is 2.78. The van der Waals surface area contributed by atoms with Crippen LogP contribution in [0, 0.1) is 16.0 Å². The first kappa shape index (κ1) is 13.1. The highest BCUT2D eigenvalue weighted by molar-refractivity contribution is 9.09. The van der Waals surface area contributed by atoms with Crippen LogP contribution in [0.5, 0.6) is 0 Å². The van der Waals surface area contributed by atoms with Crippen molar-refractivity contribution in [3.63, 3.8) is 0 Å². The summed E-state index contributed by atoms with van der Waals surface area (Å²) >= 11 is 3.57. The Labute approximate surface area is 113 Å². The number of halogens is 1. The van der Waals surface area contributed by atoms with Crippen molar-refractivity contribution in [3.8, 4) is 0 Å². The Morgan fingerprint density at radius 1 is 1.61 bits per heavy atom. The van der Waals surface area contributed by atoms with Gasteiger partial charge in [-0.15, -0.1) is 0 Å². The van der Waals surface area contributed by atoms with Crippen LogP contribution in [-0.4, -0.2) is 38.6 Å². The Morgan fingerprint density at radius 2 is 2.33 bits per heavy atom. The van der Waals surface area contributed by atoms with E-state index in [0.717, 1.165) is 6.42 Å². The lowest BCUT2D eigenvalue weighted by Crippen LogP contribution is -2.43. The topological polar surface area (TPSA) is 79.2 Å². The van der Waals surface area contributed by atoms with Gasteiger partial charge in [0.1, 0.15) is 0 Å². The number of likely N-dealkylation sites (tertiary alicyclic amines) is 1. The number of nitrogens with zero attached hydrogens (tertiary/aromatic N) is 2. The summed E-state index contributed by atoms with van der Waals surface area (Å²) < 4.78 is 0. The zero-order valence-electron chi connectivity index (χ0n) is 9.93. The minimum Gasteiger partial charge on any atom is -0.358 e. The summed E-state index contributed by atoms with van der Waals surface area (Å²) in [6.45, 7) is 3.42. The van der Waals surface area contributed by atoms with Crippen molar-refractivity contribution in [2.45, 2.75) is 18.2 Å². The van der Waals surface area contributed by atoms with E-state index >= 15 is 0 Å². The van der Waals surface area contributed by atoms with Gasteiger partial charge in [-0.1, -0.05) is 22.9 Å². The second-order valence-electron chi connectivity index (χ2n) is 4.55. The molecule has 1 aliphatic rings. The number of nitro groups is 1. The van der Waals surface area contributed by atoms with Gasteiger partial charge in [-0.25, -0.2) is 4.98 Å². The van der Waals surface area contributed by atoms with Crippen molar-refractivity contribution in [1.82, 2.24) is 9.88 Å². The number of carbonyl (C=O) groups excluding carboxylic acids is 1. The second-order valence-corrected chi connectivity index (χ2v) is 5.72. The van der Waals surface area contributed by atoms with Crippen LogP contribution in [0.4, 0.5) is 5.82 Å². The molecular formula is C11H14BrN3O3. The molecule has 2 unspecified atom stereocenters. The number of hydrogen-bond acceptors (Lipinski definition) is 3. The minimum atomic E-state index is -0.538. The van der Waals surface area contributed by atoms with Crippen molar-refractivity contribution in [2.24, 2.45) is 5.92 Å². The molecule has 1 amide bonds. The number of carbonyl (C=O) groups is 1. The zero-order valence-corrected chi connectivity index (χ0v) is 11.5. The van der Waals surface area contributed by atoms with Crippen LogP contribution in [-0.2, 0) is 0 Å². The molecule has 0 aromatic carbocycles. The number of nitrogens with one attached hydrogen (secondary N) is 1. The Kier molecular flexibility index (Phi) is 3.70. The van der Waals surface area contributed by atoms with Crippen LogP contribution in [0.25, 0.3) is 0 Å². The van der Waals surface area contributed by atoms with Gasteiger partial charge in [-0.3, -0.25) is 4.79 Å². The molecule has 1 N–H and O–H groups in total. The average molecular weight is 316 g/mol. The van der Waals surface area contributed by atoms with Crippen LogP contribution in [0.15, 0.2) is 12.1 Å². The van der Waals surface area contributed by atoms with Crippen LogP contribution >= 0.6 is 15.9 Å². The third kappa shape index (κ3) is 2.55. The molecular weight excluding hydrogens is 302 g/mol. The van der Waals surface area contributed by atoms with E-state index in [1.807, 2.05) is 0 Å². The maximum atomic E-state index is 12.1.